The molecule has 2 aromatic carbocycles. The molecule has 2 aromatic rings. The fourth-order valence-corrected chi connectivity index (χ4v) is 1.87. The number of hydrogen-bond acceptors (Lipinski definition) is 2. The van der Waals surface area contributed by atoms with E-state index in [1.165, 1.54) is 0 Å². The van der Waals surface area contributed by atoms with Crippen molar-refractivity contribution in [3.63, 3.8) is 0 Å². The predicted octanol–water partition coefficient (Wildman–Crippen LogP) is 3.94. The Labute approximate surface area is 117 Å². The molecule has 4 heteroatoms. The first-order chi connectivity index (χ1) is 9.10. The van der Waals surface area contributed by atoms with Gasteiger partial charge in [0.05, 0.1) is 0 Å². The summed E-state index contributed by atoms with van der Waals surface area (Å²) in [5, 5.41) is 6.47. The summed E-state index contributed by atoms with van der Waals surface area (Å²) in [5.41, 5.74) is 3.17. The number of carbonyl (C=O) groups excluding carboxylic acids is 1. The fourth-order valence-electron chi connectivity index (χ4n) is 1.69. The molecule has 2 rings (SSSR count). The summed E-state index contributed by atoms with van der Waals surface area (Å²) < 4.78 is 0. The Morgan fingerprint density at radius 3 is 2.58 bits per heavy atom. The van der Waals surface area contributed by atoms with Gasteiger partial charge >= 0.3 is 0 Å². The maximum absolute atomic E-state index is 12.1. The molecule has 0 aromatic heterocycles. The molecule has 0 atom stereocenters. The largest absolute Gasteiger partial charge is 0.388 e. The third-order valence-corrected chi connectivity index (χ3v) is 3.25. The summed E-state index contributed by atoms with van der Waals surface area (Å²) in [6.45, 7) is 1.92. The zero-order valence-electron chi connectivity index (χ0n) is 10.8. The third kappa shape index (κ3) is 3.26. The topological polar surface area (TPSA) is 41.1 Å². The first-order valence-electron chi connectivity index (χ1n) is 5.95. The molecule has 0 aliphatic rings. The van der Waals surface area contributed by atoms with Crippen molar-refractivity contribution in [3.05, 3.63) is 58.6 Å². The summed E-state index contributed by atoms with van der Waals surface area (Å²) in [6, 6.07) is 12.8. The Morgan fingerprint density at radius 1 is 1.11 bits per heavy atom. The van der Waals surface area contributed by atoms with E-state index in [0.29, 0.717) is 16.3 Å². The summed E-state index contributed by atoms with van der Waals surface area (Å²) in [6.07, 6.45) is 0. The fraction of sp³-hybridized carbons (Fsp3) is 0.133. The average Bonchev–Trinajstić information content (AvgIpc) is 2.43. The van der Waals surface area contributed by atoms with Gasteiger partial charge in [-0.05, 0) is 42.8 Å². The molecule has 0 fully saturated rings. The van der Waals surface area contributed by atoms with Crippen molar-refractivity contribution in [1.29, 1.82) is 0 Å². The molecule has 0 saturated carbocycles. The molecule has 0 saturated heterocycles. The van der Waals surface area contributed by atoms with Crippen LogP contribution in [0.25, 0.3) is 0 Å². The van der Waals surface area contributed by atoms with Crippen LogP contribution in [0, 0.1) is 6.92 Å². The molecule has 0 radical (unpaired) electrons. The van der Waals surface area contributed by atoms with E-state index >= 15 is 0 Å². The molecule has 0 bridgehead atoms. The lowest BCUT2D eigenvalue weighted by Gasteiger charge is -2.08. The van der Waals surface area contributed by atoms with Gasteiger partial charge in [0.1, 0.15) is 0 Å². The zero-order chi connectivity index (χ0) is 13.8. The lowest BCUT2D eigenvalue weighted by Crippen LogP contribution is -2.12. The molecular weight excluding hydrogens is 260 g/mol. The number of nitrogens with one attached hydrogen (secondary N) is 2. The Balaban J connectivity index is 2.18. The van der Waals surface area contributed by atoms with Crippen LogP contribution >= 0.6 is 11.6 Å². The molecule has 0 unspecified atom stereocenters. The second-order valence-corrected chi connectivity index (χ2v) is 4.66. The molecular formula is C15H15ClN2O. The van der Waals surface area contributed by atoms with Crippen LogP contribution in [0.3, 0.4) is 0 Å². The van der Waals surface area contributed by atoms with Crippen LogP contribution in [-0.4, -0.2) is 13.0 Å². The molecule has 2 N–H and O–H groups in total. The highest BCUT2D eigenvalue weighted by Crippen LogP contribution is 2.20. The van der Waals surface area contributed by atoms with Gasteiger partial charge in [0.2, 0.25) is 0 Å². The van der Waals surface area contributed by atoms with Gasteiger partial charge in [-0.1, -0.05) is 23.7 Å². The zero-order valence-corrected chi connectivity index (χ0v) is 11.6. The number of carbonyl (C=O) groups is 1. The van der Waals surface area contributed by atoms with Crippen LogP contribution in [0.4, 0.5) is 11.4 Å². The van der Waals surface area contributed by atoms with Gasteiger partial charge in [-0.25, -0.2) is 0 Å². The third-order valence-electron chi connectivity index (χ3n) is 2.84. The normalized spacial score (nSPS) is 10.1. The average molecular weight is 275 g/mol. The van der Waals surface area contributed by atoms with Gasteiger partial charge < -0.3 is 10.6 Å². The van der Waals surface area contributed by atoms with E-state index in [2.05, 4.69) is 10.6 Å². The Bertz CT molecular complexity index is 611. The molecule has 19 heavy (non-hydrogen) atoms. The maximum Gasteiger partial charge on any atom is 0.255 e. The quantitative estimate of drug-likeness (QED) is 0.890. The van der Waals surface area contributed by atoms with Crippen LogP contribution < -0.4 is 10.6 Å². The maximum atomic E-state index is 12.1. The van der Waals surface area contributed by atoms with E-state index in [4.69, 9.17) is 11.6 Å². The molecule has 0 aliphatic heterocycles. The van der Waals surface area contributed by atoms with Gasteiger partial charge in [-0.15, -0.1) is 0 Å². The number of benzene rings is 2. The number of aryl methyl sites for hydroxylation is 1. The smallest absolute Gasteiger partial charge is 0.255 e. The molecule has 0 aliphatic carbocycles. The minimum atomic E-state index is -0.156. The van der Waals surface area contributed by atoms with Crippen molar-refractivity contribution in [2.75, 3.05) is 17.7 Å². The highest BCUT2D eigenvalue weighted by Gasteiger charge is 2.07. The molecule has 0 heterocycles. The van der Waals surface area contributed by atoms with Crippen molar-refractivity contribution in [2.24, 2.45) is 0 Å². The van der Waals surface area contributed by atoms with E-state index in [1.54, 1.807) is 18.2 Å². The SMILES string of the molecule is CNc1cccc(C(=O)Nc2ccc(C)c(Cl)c2)c1. The van der Waals surface area contributed by atoms with Crippen molar-refractivity contribution in [3.8, 4) is 0 Å². The van der Waals surface area contributed by atoms with Gasteiger partial charge in [-0.2, -0.15) is 0 Å². The highest BCUT2D eigenvalue weighted by atomic mass is 35.5. The van der Waals surface area contributed by atoms with E-state index < -0.39 is 0 Å². The minimum Gasteiger partial charge on any atom is -0.388 e. The number of rotatable bonds is 3. The van der Waals surface area contributed by atoms with Gasteiger partial charge in [0.15, 0.2) is 0 Å². The Hall–Kier alpha value is -2.00. The Morgan fingerprint density at radius 2 is 1.89 bits per heavy atom. The summed E-state index contributed by atoms with van der Waals surface area (Å²) >= 11 is 6.03. The van der Waals surface area contributed by atoms with Crippen molar-refractivity contribution in [1.82, 2.24) is 0 Å². The van der Waals surface area contributed by atoms with E-state index in [0.717, 1.165) is 11.3 Å². The van der Waals surface area contributed by atoms with Crippen molar-refractivity contribution in [2.45, 2.75) is 6.92 Å². The summed E-state index contributed by atoms with van der Waals surface area (Å²) in [4.78, 5) is 12.1. The first-order valence-corrected chi connectivity index (χ1v) is 6.33. The van der Waals surface area contributed by atoms with Crippen LogP contribution in [0.1, 0.15) is 15.9 Å². The van der Waals surface area contributed by atoms with Crippen LogP contribution in [0.15, 0.2) is 42.5 Å². The van der Waals surface area contributed by atoms with E-state index in [-0.39, 0.29) is 5.91 Å². The second kappa shape index (κ2) is 5.76. The van der Waals surface area contributed by atoms with Gasteiger partial charge in [-0.3, -0.25) is 4.79 Å². The number of hydrogen-bond donors (Lipinski definition) is 2. The Kier molecular flexibility index (Phi) is 4.07. The van der Waals surface area contributed by atoms with E-state index in [9.17, 15) is 4.79 Å². The lowest BCUT2D eigenvalue weighted by molar-refractivity contribution is 0.102. The molecule has 98 valence electrons. The first kappa shape index (κ1) is 13.4. The molecule has 1 amide bonds. The van der Waals surface area contributed by atoms with Gasteiger partial charge in [0, 0.05) is 29.0 Å². The number of amides is 1. The lowest BCUT2D eigenvalue weighted by atomic mass is 10.1. The summed E-state index contributed by atoms with van der Waals surface area (Å²) in [5.74, 6) is -0.156. The number of halogens is 1. The monoisotopic (exact) mass is 274 g/mol. The van der Waals surface area contributed by atoms with Crippen LogP contribution in [-0.2, 0) is 0 Å². The second-order valence-electron chi connectivity index (χ2n) is 4.25. The molecule has 0 spiro atoms. The van der Waals surface area contributed by atoms with Gasteiger partial charge in [0.25, 0.3) is 5.91 Å². The summed E-state index contributed by atoms with van der Waals surface area (Å²) in [7, 11) is 1.82. The van der Waals surface area contributed by atoms with Crippen molar-refractivity contribution < 1.29 is 4.79 Å². The van der Waals surface area contributed by atoms with Crippen LogP contribution in [0.5, 0.6) is 0 Å². The highest BCUT2D eigenvalue weighted by molar-refractivity contribution is 6.31. The number of anilines is 2. The minimum absolute atomic E-state index is 0.156. The van der Waals surface area contributed by atoms with Crippen molar-refractivity contribution >= 4 is 28.9 Å². The van der Waals surface area contributed by atoms with E-state index in [1.807, 2.05) is 38.2 Å². The predicted molar refractivity (Wildman–Crippen MR) is 80.1 cm³/mol. The molecule has 3 nitrogen and oxygen atoms in total. The van der Waals surface area contributed by atoms with Crippen LogP contribution in [0.2, 0.25) is 5.02 Å². The standard InChI is InChI=1S/C15H15ClN2O/c1-10-6-7-13(9-14(10)16)18-15(19)11-4-3-5-12(8-11)17-2/h3-9,17H,1-2H3,(H,18,19).